The van der Waals surface area contributed by atoms with Crippen LogP contribution in [-0.4, -0.2) is 15.5 Å². The number of hydrogen-bond acceptors (Lipinski definition) is 2. The molecule has 2 aromatic heterocycles. The molecule has 0 fully saturated rings. The number of benzene rings is 1. The minimum Gasteiger partial charge on any atom is -0.345 e. The standard InChI is InChI=1S/C20H21N3O/c1-14-6-7-15(2)23(14)19-10-8-17(9-11-19)20(24)22-16(3)18-5-4-12-21-13-18/h4-13,16H,1-3H3,(H,22,24)/t16-/m0/s1. The highest BCUT2D eigenvalue weighted by atomic mass is 16.1. The van der Waals surface area contributed by atoms with Crippen LogP contribution < -0.4 is 5.32 Å². The van der Waals surface area contributed by atoms with Gasteiger partial charge in [-0.05, 0) is 68.8 Å². The monoisotopic (exact) mass is 319 g/mol. The van der Waals surface area contributed by atoms with Crippen LogP contribution in [0.3, 0.4) is 0 Å². The molecule has 0 spiro atoms. The number of carbonyl (C=O) groups excluding carboxylic acids is 1. The second kappa shape index (κ2) is 6.71. The molecule has 122 valence electrons. The predicted octanol–water partition coefficient (Wildman–Crippen LogP) is 3.98. The van der Waals surface area contributed by atoms with E-state index in [2.05, 4.69) is 40.8 Å². The van der Waals surface area contributed by atoms with E-state index in [0.717, 1.165) is 11.3 Å². The average molecular weight is 319 g/mol. The number of hydrogen-bond donors (Lipinski definition) is 1. The van der Waals surface area contributed by atoms with Crippen molar-refractivity contribution in [1.82, 2.24) is 14.9 Å². The van der Waals surface area contributed by atoms with Crippen molar-refractivity contribution < 1.29 is 4.79 Å². The number of carbonyl (C=O) groups is 1. The second-order valence-corrected chi connectivity index (χ2v) is 5.98. The minimum atomic E-state index is -0.0844. The Morgan fingerprint density at radius 3 is 2.29 bits per heavy atom. The van der Waals surface area contributed by atoms with Crippen molar-refractivity contribution in [2.45, 2.75) is 26.8 Å². The van der Waals surface area contributed by atoms with Crippen molar-refractivity contribution in [1.29, 1.82) is 0 Å². The summed E-state index contributed by atoms with van der Waals surface area (Å²) in [6.07, 6.45) is 3.49. The van der Waals surface area contributed by atoms with Crippen LogP contribution in [-0.2, 0) is 0 Å². The summed E-state index contributed by atoms with van der Waals surface area (Å²) in [5, 5.41) is 3.00. The Kier molecular flexibility index (Phi) is 4.47. The quantitative estimate of drug-likeness (QED) is 0.790. The van der Waals surface area contributed by atoms with Gasteiger partial charge in [-0.1, -0.05) is 6.07 Å². The van der Waals surface area contributed by atoms with Crippen LogP contribution in [0.5, 0.6) is 0 Å². The van der Waals surface area contributed by atoms with Crippen LogP contribution in [0.15, 0.2) is 60.9 Å². The van der Waals surface area contributed by atoms with Crippen LogP contribution in [0.4, 0.5) is 0 Å². The van der Waals surface area contributed by atoms with E-state index >= 15 is 0 Å². The summed E-state index contributed by atoms with van der Waals surface area (Å²) in [5.41, 5.74) is 5.05. The third kappa shape index (κ3) is 3.23. The number of nitrogens with zero attached hydrogens (tertiary/aromatic N) is 2. The van der Waals surface area contributed by atoms with Gasteiger partial charge in [-0.3, -0.25) is 9.78 Å². The zero-order valence-corrected chi connectivity index (χ0v) is 14.2. The van der Waals surface area contributed by atoms with Crippen LogP contribution >= 0.6 is 0 Å². The molecular formula is C20H21N3O. The van der Waals surface area contributed by atoms with Gasteiger partial charge >= 0.3 is 0 Å². The lowest BCUT2D eigenvalue weighted by Crippen LogP contribution is -2.26. The van der Waals surface area contributed by atoms with Gasteiger partial charge in [0, 0.05) is 35.0 Å². The molecule has 3 rings (SSSR count). The van der Waals surface area contributed by atoms with Crippen LogP contribution in [0.25, 0.3) is 5.69 Å². The maximum atomic E-state index is 12.4. The lowest BCUT2D eigenvalue weighted by atomic mass is 10.1. The van der Waals surface area contributed by atoms with Gasteiger partial charge < -0.3 is 9.88 Å². The third-order valence-corrected chi connectivity index (χ3v) is 4.19. The number of pyridine rings is 1. The van der Waals surface area contributed by atoms with E-state index in [1.54, 1.807) is 12.4 Å². The Labute approximate surface area is 142 Å². The molecule has 1 atom stereocenters. The Hall–Kier alpha value is -2.88. The Morgan fingerprint density at radius 1 is 1.04 bits per heavy atom. The van der Waals surface area contributed by atoms with Crippen molar-refractivity contribution in [2.24, 2.45) is 0 Å². The topological polar surface area (TPSA) is 46.9 Å². The first-order valence-corrected chi connectivity index (χ1v) is 8.02. The smallest absolute Gasteiger partial charge is 0.251 e. The van der Waals surface area contributed by atoms with Crippen molar-refractivity contribution in [2.75, 3.05) is 0 Å². The Balaban J connectivity index is 1.75. The molecule has 1 amide bonds. The van der Waals surface area contributed by atoms with Crippen LogP contribution in [0, 0.1) is 13.8 Å². The van der Waals surface area contributed by atoms with Gasteiger partial charge in [-0.2, -0.15) is 0 Å². The van der Waals surface area contributed by atoms with Gasteiger partial charge in [0.2, 0.25) is 0 Å². The molecule has 3 aromatic rings. The lowest BCUT2D eigenvalue weighted by Gasteiger charge is -2.14. The van der Waals surface area contributed by atoms with E-state index in [0.29, 0.717) is 5.56 Å². The molecule has 0 radical (unpaired) electrons. The zero-order valence-electron chi connectivity index (χ0n) is 14.2. The fourth-order valence-corrected chi connectivity index (χ4v) is 2.83. The van der Waals surface area contributed by atoms with Gasteiger partial charge in [0.15, 0.2) is 0 Å². The van der Waals surface area contributed by atoms with Gasteiger partial charge in [0.1, 0.15) is 0 Å². The molecule has 1 aromatic carbocycles. The number of rotatable bonds is 4. The summed E-state index contributed by atoms with van der Waals surface area (Å²) < 4.78 is 2.17. The van der Waals surface area contributed by atoms with Crippen molar-refractivity contribution in [3.8, 4) is 5.69 Å². The first kappa shape index (κ1) is 16.0. The molecule has 0 aliphatic carbocycles. The maximum absolute atomic E-state index is 12.4. The summed E-state index contributed by atoms with van der Waals surface area (Å²) in [5.74, 6) is -0.0844. The van der Waals surface area contributed by atoms with Crippen LogP contribution in [0.2, 0.25) is 0 Å². The van der Waals surface area contributed by atoms with Gasteiger partial charge in [0.05, 0.1) is 6.04 Å². The molecule has 4 heteroatoms. The average Bonchev–Trinajstić information content (AvgIpc) is 2.94. The Bertz CT molecular complexity index is 816. The van der Waals surface area contributed by atoms with E-state index in [1.165, 1.54) is 11.4 Å². The van der Waals surface area contributed by atoms with Gasteiger partial charge in [-0.15, -0.1) is 0 Å². The van der Waals surface area contributed by atoms with E-state index in [4.69, 9.17) is 0 Å². The van der Waals surface area contributed by atoms with Gasteiger partial charge in [0.25, 0.3) is 5.91 Å². The molecule has 0 saturated carbocycles. The molecule has 0 saturated heterocycles. The molecule has 0 bridgehead atoms. The molecule has 4 nitrogen and oxygen atoms in total. The van der Waals surface area contributed by atoms with Crippen molar-refractivity contribution in [3.05, 3.63) is 83.4 Å². The van der Waals surface area contributed by atoms with E-state index < -0.39 is 0 Å². The summed E-state index contributed by atoms with van der Waals surface area (Å²) >= 11 is 0. The first-order chi connectivity index (χ1) is 11.6. The minimum absolute atomic E-state index is 0.0835. The molecule has 2 heterocycles. The normalized spacial score (nSPS) is 12.0. The summed E-state index contributed by atoms with van der Waals surface area (Å²) in [4.78, 5) is 16.5. The summed E-state index contributed by atoms with van der Waals surface area (Å²) in [7, 11) is 0. The first-order valence-electron chi connectivity index (χ1n) is 8.02. The molecule has 1 N–H and O–H groups in total. The predicted molar refractivity (Wildman–Crippen MR) is 95.4 cm³/mol. The zero-order chi connectivity index (χ0) is 17.1. The van der Waals surface area contributed by atoms with Crippen molar-refractivity contribution >= 4 is 5.91 Å². The van der Waals surface area contributed by atoms with Crippen molar-refractivity contribution in [3.63, 3.8) is 0 Å². The fourth-order valence-electron chi connectivity index (χ4n) is 2.83. The fraction of sp³-hybridized carbons (Fsp3) is 0.200. The molecule has 0 aliphatic rings. The summed E-state index contributed by atoms with van der Waals surface area (Å²) in [6.45, 7) is 6.10. The molecule has 0 unspecified atom stereocenters. The number of nitrogens with one attached hydrogen (secondary N) is 1. The Morgan fingerprint density at radius 2 is 1.71 bits per heavy atom. The van der Waals surface area contributed by atoms with Gasteiger partial charge in [-0.25, -0.2) is 0 Å². The summed E-state index contributed by atoms with van der Waals surface area (Å²) in [6, 6.07) is 15.6. The highest BCUT2D eigenvalue weighted by molar-refractivity contribution is 5.94. The number of aryl methyl sites for hydroxylation is 2. The largest absolute Gasteiger partial charge is 0.345 e. The number of amides is 1. The van der Waals surface area contributed by atoms with E-state index in [-0.39, 0.29) is 11.9 Å². The second-order valence-electron chi connectivity index (χ2n) is 5.98. The molecule has 0 aliphatic heterocycles. The highest BCUT2D eigenvalue weighted by Gasteiger charge is 2.12. The highest BCUT2D eigenvalue weighted by Crippen LogP contribution is 2.17. The number of aromatic nitrogens is 2. The maximum Gasteiger partial charge on any atom is 0.251 e. The lowest BCUT2D eigenvalue weighted by molar-refractivity contribution is 0.0940. The van der Waals surface area contributed by atoms with E-state index in [1.807, 2.05) is 43.3 Å². The molecular weight excluding hydrogens is 298 g/mol. The van der Waals surface area contributed by atoms with E-state index in [9.17, 15) is 4.79 Å². The van der Waals surface area contributed by atoms with Crippen LogP contribution in [0.1, 0.15) is 40.3 Å². The third-order valence-electron chi connectivity index (χ3n) is 4.19. The molecule has 24 heavy (non-hydrogen) atoms. The SMILES string of the molecule is Cc1ccc(C)n1-c1ccc(C(=O)N[C@@H](C)c2cccnc2)cc1.